The Morgan fingerprint density at radius 3 is 2.75 bits per heavy atom. The Labute approximate surface area is 143 Å². The number of hydrogen-bond donors (Lipinski definition) is 2. The highest BCUT2D eigenvalue weighted by Crippen LogP contribution is 2.24. The predicted octanol–water partition coefficient (Wildman–Crippen LogP) is 2.77. The molecule has 1 amide bonds. The van der Waals surface area contributed by atoms with Crippen LogP contribution < -0.4 is 10.6 Å². The highest BCUT2D eigenvalue weighted by Gasteiger charge is 2.13. The van der Waals surface area contributed by atoms with Crippen molar-refractivity contribution in [3.05, 3.63) is 59.5 Å². The van der Waals surface area contributed by atoms with Gasteiger partial charge in [-0.2, -0.15) is 0 Å². The number of rotatable bonds is 6. The van der Waals surface area contributed by atoms with Gasteiger partial charge in [-0.3, -0.25) is 4.79 Å². The van der Waals surface area contributed by atoms with Gasteiger partial charge in [0, 0.05) is 6.54 Å². The van der Waals surface area contributed by atoms with E-state index in [1.54, 1.807) is 6.08 Å². The molecular weight excluding hydrogens is 332 g/mol. The van der Waals surface area contributed by atoms with Crippen molar-refractivity contribution in [3.63, 3.8) is 0 Å². The minimum Gasteiger partial charge on any atom is -0.465 e. The van der Waals surface area contributed by atoms with Crippen LogP contribution in [-0.2, 0) is 4.74 Å². The van der Waals surface area contributed by atoms with Gasteiger partial charge in [0.25, 0.3) is 5.91 Å². The molecule has 1 aromatic heterocycles. The van der Waals surface area contributed by atoms with E-state index in [0.29, 0.717) is 12.4 Å². The average Bonchev–Trinajstić information content (AvgIpc) is 2.61. The first-order valence-electron chi connectivity index (χ1n) is 6.91. The summed E-state index contributed by atoms with van der Waals surface area (Å²) in [4.78, 5) is 31.9. The standard InChI is InChI=1S/C16H15ClN4O3/c1-3-6-18-14-9-19-13(8-20-14)15(22)21-12-7-10(16(23)24-2)4-5-11(12)17/h3-5,7-9H,1,6H2,2H3,(H,18,20)(H,21,22). The Morgan fingerprint density at radius 2 is 2.12 bits per heavy atom. The molecule has 7 nitrogen and oxygen atoms in total. The van der Waals surface area contributed by atoms with E-state index in [0.717, 1.165) is 0 Å². The third-order valence-electron chi connectivity index (χ3n) is 2.95. The van der Waals surface area contributed by atoms with Crippen LogP contribution >= 0.6 is 11.6 Å². The molecule has 1 heterocycles. The Hall–Kier alpha value is -2.93. The number of methoxy groups -OCH3 is 1. The molecule has 0 fully saturated rings. The van der Waals surface area contributed by atoms with Crippen molar-refractivity contribution in [1.82, 2.24) is 9.97 Å². The van der Waals surface area contributed by atoms with Gasteiger partial charge >= 0.3 is 5.97 Å². The fourth-order valence-corrected chi connectivity index (χ4v) is 1.93. The number of amides is 1. The minimum atomic E-state index is -0.528. The number of esters is 1. The second-order valence-corrected chi connectivity index (χ2v) is 5.00. The molecule has 124 valence electrons. The topological polar surface area (TPSA) is 93.2 Å². The molecule has 8 heteroatoms. The van der Waals surface area contributed by atoms with Crippen molar-refractivity contribution in [1.29, 1.82) is 0 Å². The monoisotopic (exact) mass is 346 g/mol. The van der Waals surface area contributed by atoms with Gasteiger partial charge in [-0.25, -0.2) is 14.8 Å². The number of carbonyl (C=O) groups is 2. The average molecular weight is 347 g/mol. The lowest BCUT2D eigenvalue weighted by Gasteiger charge is -2.09. The van der Waals surface area contributed by atoms with Crippen molar-refractivity contribution >= 4 is 35.0 Å². The van der Waals surface area contributed by atoms with E-state index in [1.165, 1.54) is 37.7 Å². The predicted molar refractivity (Wildman–Crippen MR) is 91.5 cm³/mol. The number of halogens is 1. The van der Waals surface area contributed by atoms with Crippen LogP contribution in [0.5, 0.6) is 0 Å². The third-order valence-corrected chi connectivity index (χ3v) is 3.28. The van der Waals surface area contributed by atoms with Crippen LogP contribution in [0.2, 0.25) is 5.02 Å². The minimum absolute atomic E-state index is 0.110. The van der Waals surface area contributed by atoms with Crippen LogP contribution in [0, 0.1) is 0 Å². The van der Waals surface area contributed by atoms with Gasteiger partial charge in [-0.1, -0.05) is 17.7 Å². The molecule has 2 aromatic rings. The molecular formula is C16H15ClN4O3. The van der Waals surface area contributed by atoms with Gasteiger partial charge < -0.3 is 15.4 Å². The zero-order valence-electron chi connectivity index (χ0n) is 12.9. The second-order valence-electron chi connectivity index (χ2n) is 4.60. The molecule has 0 atom stereocenters. The summed E-state index contributed by atoms with van der Waals surface area (Å²) in [6.45, 7) is 4.12. The van der Waals surface area contributed by atoms with Crippen LogP contribution in [0.1, 0.15) is 20.8 Å². The van der Waals surface area contributed by atoms with Crippen molar-refractivity contribution in [3.8, 4) is 0 Å². The molecule has 0 saturated carbocycles. The number of nitrogens with zero attached hydrogens (tertiary/aromatic N) is 2. The Morgan fingerprint density at radius 1 is 1.33 bits per heavy atom. The quantitative estimate of drug-likeness (QED) is 0.617. The van der Waals surface area contributed by atoms with E-state index in [1.807, 2.05) is 0 Å². The summed E-state index contributed by atoms with van der Waals surface area (Å²) < 4.78 is 4.64. The Bertz CT molecular complexity index is 762. The smallest absolute Gasteiger partial charge is 0.337 e. The molecule has 0 aliphatic heterocycles. The van der Waals surface area contributed by atoms with E-state index in [9.17, 15) is 9.59 Å². The maximum Gasteiger partial charge on any atom is 0.337 e. The number of aromatic nitrogens is 2. The first-order chi connectivity index (χ1) is 11.5. The summed E-state index contributed by atoms with van der Waals surface area (Å²) >= 11 is 6.04. The number of benzene rings is 1. The summed E-state index contributed by atoms with van der Waals surface area (Å²) in [6.07, 6.45) is 4.45. The molecule has 0 bridgehead atoms. The normalized spacial score (nSPS) is 9.92. The summed E-state index contributed by atoms with van der Waals surface area (Å²) in [5.41, 5.74) is 0.658. The van der Waals surface area contributed by atoms with Gasteiger partial charge in [0.15, 0.2) is 0 Å². The molecule has 0 spiro atoms. The lowest BCUT2D eigenvalue weighted by molar-refractivity contribution is 0.0600. The van der Waals surface area contributed by atoms with Crippen LogP contribution in [0.25, 0.3) is 0 Å². The van der Waals surface area contributed by atoms with Crippen molar-refractivity contribution in [2.75, 3.05) is 24.3 Å². The van der Waals surface area contributed by atoms with Crippen molar-refractivity contribution in [2.45, 2.75) is 0 Å². The largest absolute Gasteiger partial charge is 0.465 e. The molecule has 0 radical (unpaired) electrons. The summed E-state index contributed by atoms with van der Waals surface area (Å²) in [5.74, 6) is -0.501. The van der Waals surface area contributed by atoms with Gasteiger partial charge in [-0.15, -0.1) is 6.58 Å². The Balaban J connectivity index is 2.14. The van der Waals surface area contributed by atoms with Crippen LogP contribution in [0.15, 0.2) is 43.2 Å². The number of carbonyl (C=O) groups excluding carboxylic acids is 2. The van der Waals surface area contributed by atoms with E-state index in [2.05, 4.69) is 31.9 Å². The summed E-state index contributed by atoms with van der Waals surface area (Å²) in [7, 11) is 1.27. The molecule has 0 aliphatic rings. The molecule has 0 aliphatic carbocycles. The van der Waals surface area contributed by atoms with Gasteiger partial charge in [0.05, 0.1) is 35.8 Å². The zero-order valence-corrected chi connectivity index (χ0v) is 13.6. The van der Waals surface area contributed by atoms with Crippen molar-refractivity contribution in [2.24, 2.45) is 0 Å². The van der Waals surface area contributed by atoms with Crippen LogP contribution in [0.3, 0.4) is 0 Å². The number of hydrogen-bond acceptors (Lipinski definition) is 6. The van der Waals surface area contributed by atoms with Gasteiger partial charge in [-0.05, 0) is 18.2 Å². The fourth-order valence-electron chi connectivity index (χ4n) is 1.77. The number of nitrogens with one attached hydrogen (secondary N) is 2. The lowest BCUT2D eigenvalue weighted by Crippen LogP contribution is -2.15. The number of ether oxygens (including phenoxy) is 1. The van der Waals surface area contributed by atoms with E-state index >= 15 is 0 Å². The Kier molecular flexibility index (Phi) is 5.86. The molecule has 0 unspecified atom stereocenters. The summed E-state index contributed by atoms with van der Waals surface area (Å²) in [6, 6.07) is 4.43. The first kappa shape index (κ1) is 17.4. The number of anilines is 2. The van der Waals surface area contributed by atoms with Crippen LogP contribution in [-0.4, -0.2) is 35.5 Å². The lowest BCUT2D eigenvalue weighted by atomic mass is 10.2. The van der Waals surface area contributed by atoms with E-state index in [4.69, 9.17) is 11.6 Å². The van der Waals surface area contributed by atoms with E-state index in [-0.39, 0.29) is 22.0 Å². The van der Waals surface area contributed by atoms with Crippen LogP contribution in [0.4, 0.5) is 11.5 Å². The SMILES string of the molecule is C=CCNc1cnc(C(=O)Nc2cc(C(=O)OC)ccc2Cl)cn1. The summed E-state index contributed by atoms with van der Waals surface area (Å²) in [5, 5.41) is 5.83. The molecule has 2 N–H and O–H groups in total. The van der Waals surface area contributed by atoms with Gasteiger partial charge in [0.2, 0.25) is 0 Å². The molecule has 0 saturated heterocycles. The maximum absolute atomic E-state index is 12.2. The highest BCUT2D eigenvalue weighted by atomic mass is 35.5. The molecule has 1 aromatic carbocycles. The third kappa shape index (κ3) is 4.30. The van der Waals surface area contributed by atoms with E-state index < -0.39 is 11.9 Å². The maximum atomic E-state index is 12.2. The van der Waals surface area contributed by atoms with Crippen molar-refractivity contribution < 1.29 is 14.3 Å². The van der Waals surface area contributed by atoms with Gasteiger partial charge in [0.1, 0.15) is 11.5 Å². The zero-order chi connectivity index (χ0) is 17.5. The molecule has 24 heavy (non-hydrogen) atoms. The first-order valence-corrected chi connectivity index (χ1v) is 7.29. The fraction of sp³-hybridized carbons (Fsp3) is 0.125. The molecule has 2 rings (SSSR count). The highest BCUT2D eigenvalue weighted by molar-refractivity contribution is 6.34. The second kappa shape index (κ2) is 8.07.